The minimum atomic E-state index is -4.83. The van der Waals surface area contributed by atoms with E-state index in [2.05, 4.69) is 20.7 Å². The average Bonchev–Trinajstić information content (AvgIpc) is 2.07. The first kappa shape index (κ1) is 12.8. The average molecular weight is 298 g/mol. The number of alkyl halides is 3. The summed E-state index contributed by atoms with van der Waals surface area (Å²) in [5.41, 5.74) is 5.43. The number of carbonyl (C=O) groups is 1. The third-order valence-electron chi connectivity index (χ3n) is 1.67. The minimum absolute atomic E-state index is 0.0210. The number of carbonyl (C=O) groups excluding carboxylic acids is 1. The number of benzene rings is 1. The van der Waals surface area contributed by atoms with Crippen molar-refractivity contribution < 1.29 is 22.7 Å². The first-order chi connectivity index (χ1) is 7.20. The van der Waals surface area contributed by atoms with Gasteiger partial charge in [-0.25, -0.2) is 0 Å². The van der Waals surface area contributed by atoms with Gasteiger partial charge in [-0.1, -0.05) is 0 Å². The predicted octanol–water partition coefficient (Wildman–Crippen LogP) is 3.13. The van der Waals surface area contributed by atoms with E-state index < -0.39 is 17.9 Å². The third-order valence-corrected chi connectivity index (χ3v) is 2.48. The lowest BCUT2D eigenvalue weighted by atomic mass is 10.1. The maximum atomic E-state index is 12.0. The summed E-state index contributed by atoms with van der Waals surface area (Å²) in [4.78, 5) is 11.1. The van der Waals surface area contributed by atoms with Crippen molar-refractivity contribution in [1.82, 2.24) is 0 Å². The van der Waals surface area contributed by atoms with Gasteiger partial charge in [0.2, 0.25) is 0 Å². The zero-order chi connectivity index (χ0) is 12.5. The van der Waals surface area contributed by atoms with E-state index in [0.717, 1.165) is 6.07 Å². The molecule has 0 saturated heterocycles. The van der Waals surface area contributed by atoms with Gasteiger partial charge in [-0.2, -0.15) is 0 Å². The number of ketones is 1. The molecule has 16 heavy (non-hydrogen) atoms. The Morgan fingerprint density at radius 2 is 2.00 bits per heavy atom. The molecule has 0 aliphatic heterocycles. The van der Waals surface area contributed by atoms with Gasteiger partial charge in [0.25, 0.3) is 0 Å². The van der Waals surface area contributed by atoms with E-state index >= 15 is 0 Å². The molecule has 7 heteroatoms. The second-order valence-electron chi connectivity index (χ2n) is 2.98. The molecule has 0 bridgehead atoms. The van der Waals surface area contributed by atoms with Gasteiger partial charge in [-0.3, -0.25) is 4.79 Å². The molecule has 0 spiro atoms. The van der Waals surface area contributed by atoms with Crippen LogP contribution >= 0.6 is 15.9 Å². The highest BCUT2D eigenvalue weighted by Gasteiger charge is 2.32. The molecule has 2 N–H and O–H groups in total. The maximum absolute atomic E-state index is 12.0. The lowest BCUT2D eigenvalue weighted by Gasteiger charge is -2.13. The Morgan fingerprint density at radius 1 is 1.44 bits per heavy atom. The maximum Gasteiger partial charge on any atom is 0.573 e. The van der Waals surface area contributed by atoms with E-state index in [0.29, 0.717) is 0 Å². The van der Waals surface area contributed by atoms with E-state index in [1.165, 1.54) is 13.0 Å². The molecular formula is C9H7BrF3NO2. The van der Waals surface area contributed by atoms with Crippen LogP contribution in [0.3, 0.4) is 0 Å². The summed E-state index contributed by atoms with van der Waals surface area (Å²) in [5, 5.41) is 0. The Kier molecular flexibility index (Phi) is 3.47. The monoisotopic (exact) mass is 297 g/mol. The Hall–Kier alpha value is -1.24. The van der Waals surface area contributed by atoms with Crippen molar-refractivity contribution in [3.63, 3.8) is 0 Å². The highest BCUT2D eigenvalue weighted by Crippen LogP contribution is 2.35. The standard InChI is InChI=1S/C9H7BrF3NO2/c1-4(15)6-2-5(14)3-7(8(6)10)16-9(11,12)13/h2-3H,14H2,1H3. The van der Waals surface area contributed by atoms with Crippen molar-refractivity contribution in [3.8, 4) is 5.75 Å². The number of anilines is 1. The normalized spacial score (nSPS) is 11.3. The molecule has 1 rings (SSSR count). The number of hydrogen-bond donors (Lipinski definition) is 1. The van der Waals surface area contributed by atoms with Crippen molar-refractivity contribution in [2.45, 2.75) is 13.3 Å². The number of nitrogen functional groups attached to an aromatic ring is 1. The highest BCUT2D eigenvalue weighted by atomic mass is 79.9. The van der Waals surface area contributed by atoms with E-state index in [-0.39, 0.29) is 15.7 Å². The summed E-state index contributed by atoms with van der Waals surface area (Å²) >= 11 is 2.87. The number of rotatable bonds is 2. The molecule has 0 atom stereocenters. The molecule has 0 aliphatic carbocycles. The second kappa shape index (κ2) is 4.32. The molecule has 1 aromatic carbocycles. The molecule has 0 amide bonds. The van der Waals surface area contributed by atoms with Crippen molar-refractivity contribution in [1.29, 1.82) is 0 Å². The van der Waals surface area contributed by atoms with Gasteiger partial charge >= 0.3 is 6.36 Å². The number of hydrogen-bond acceptors (Lipinski definition) is 3. The molecule has 0 fully saturated rings. The summed E-state index contributed by atoms with van der Waals surface area (Å²) < 4.78 is 39.7. The highest BCUT2D eigenvalue weighted by molar-refractivity contribution is 9.10. The van der Waals surface area contributed by atoms with Crippen molar-refractivity contribution >= 4 is 27.4 Å². The number of ether oxygens (including phenoxy) is 1. The molecule has 0 aliphatic rings. The molecule has 3 nitrogen and oxygen atoms in total. The Morgan fingerprint density at radius 3 is 2.44 bits per heavy atom. The summed E-state index contributed by atoms with van der Waals surface area (Å²) in [7, 11) is 0. The zero-order valence-electron chi connectivity index (χ0n) is 8.06. The lowest BCUT2D eigenvalue weighted by molar-refractivity contribution is -0.274. The summed E-state index contributed by atoms with van der Waals surface area (Å²) in [6.07, 6.45) is -4.83. The molecule has 0 radical (unpaired) electrons. The Balaban J connectivity index is 3.25. The smallest absolute Gasteiger partial charge is 0.404 e. The SMILES string of the molecule is CC(=O)c1cc(N)cc(OC(F)(F)F)c1Br. The van der Waals surface area contributed by atoms with Gasteiger partial charge in [0.05, 0.1) is 4.47 Å². The van der Waals surface area contributed by atoms with Gasteiger partial charge in [-0.05, 0) is 28.9 Å². The number of Topliss-reactive ketones (excluding diaryl/α,β-unsaturated/α-hetero) is 1. The molecule has 0 aromatic heterocycles. The lowest BCUT2D eigenvalue weighted by Crippen LogP contribution is -2.18. The van der Waals surface area contributed by atoms with E-state index in [9.17, 15) is 18.0 Å². The quantitative estimate of drug-likeness (QED) is 0.674. The van der Waals surface area contributed by atoms with Crippen LogP contribution in [0.5, 0.6) is 5.75 Å². The van der Waals surface area contributed by atoms with Gasteiger partial charge in [0.1, 0.15) is 5.75 Å². The van der Waals surface area contributed by atoms with Crippen LogP contribution < -0.4 is 10.5 Å². The van der Waals surface area contributed by atoms with E-state index in [1.54, 1.807) is 0 Å². The van der Waals surface area contributed by atoms with Gasteiger partial charge in [0.15, 0.2) is 5.78 Å². The van der Waals surface area contributed by atoms with Crippen LogP contribution in [0.25, 0.3) is 0 Å². The molecule has 0 unspecified atom stereocenters. The fourth-order valence-corrected chi connectivity index (χ4v) is 1.66. The van der Waals surface area contributed by atoms with Crippen LogP contribution in [0.1, 0.15) is 17.3 Å². The molecular weight excluding hydrogens is 291 g/mol. The van der Waals surface area contributed by atoms with Crippen LogP contribution in [-0.4, -0.2) is 12.1 Å². The fourth-order valence-electron chi connectivity index (χ4n) is 1.07. The largest absolute Gasteiger partial charge is 0.573 e. The van der Waals surface area contributed by atoms with Gasteiger partial charge in [-0.15, -0.1) is 13.2 Å². The van der Waals surface area contributed by atoms with Crippen LogP contribution in [0.2, 0.25) is 0 Å². The topological polar surface area (TPSA) is 52.3 Å². The first-order valence-corrected chi connectivity index (χ1v) is 4.85. The second-order valence-corrected chi connectivity index (χ2v) is 3.78. The predicted molar refractivity (Wildman–Crippen MR) is 55.2 cm³/mol. The summed E-state index contributed by atoms with van der Waals surface area (Å²) in [5.74, 6) is -0.941. The zero-order valence-corrected chi connectivity index (χ0v) is 9.65. The van der Waals surface area contributed by atoms with Gasteiger partial charge < -0.3 is 10.5 Å². The molecule has 0 heterocycles. The van der Waals surface area contributed by atoms with Crippen LogP contribution in [0, 0.1) is 0 Å². The Bertz CT molecular complexity index is 431. The molecule has 88 valence electrons. The third kappa shape index (κ3) is 3.13. The van der Waals surface area contributed by atoms with E-state index in [1.807, 2.05) is 0 Å². The van der Waals surface area contributed by atoms with Crippen LogP contribution in [-0.2, 0) is 0 Å². The van der Waals surface area contributed by atoms with Crippen molar-refractivity contribution in [2.24, 2.45) is 0 Å². The first-order valence-electron chi connectivity index (χ1n) is 4.06. The molecule has 1 aromatic rings. The molecule has 0 saturated carbocycles. The summed E-state index contributed by atoms with van der Waals surface area (Å²) in [6.45, 7) is 1.22. The van der Waals surface area contributed by atoms with Crippen molar-refractivity contribution in [3.05, 3.63) is 22.2 Å². The number of nitrogens with two attached hydrogens (primary N) is 1. The van der Waals surface area contributed by atoms with Crippen LogP contribution in [0.4, 0.5) is 18.9 Å². The summed E-state index contributed by atoms with van der Waals surface area (Å²) in [6, 6.07) is 2.26. The number of halogens is 4. The fraction of sp³-hybridized carbons (Fsp3) is 0.222. The Labute approximate surface area is 97.5 Å². The minimum Gasteiger partial charge on any atom is -0.404 e. The van der Waals surface area contributed by atoms with Gasteiger partial charge in [0, 0.05) is 17.3 Å². The van der Waals surface area contributed by atoms with Crippen LogP contribution in [0.15, 0.2) is 16.6 Å². The van der Waals surface area contributed by atoms with Crippen molar-refractivity contribution in [2.75, 3.05) is 5.73 Å². The van der Waals surface area contributed by atoms with E-state index in [4.69, 9.17) is 5.73 Å².